The smallest absolute Gasteiger partial charge is 0.244 e. The van der Waals surface area contributed by atoms with Gasteiger partial charge in [0.15, 0.2) is 0 Å². The van der Waals surface area contributed by atoms with Crippen LogP contribution in [-0.2, 0) is 17.8 Å². The van der Waals surface area contributed by atoms with Crippen molar-refractivity contribution in [2.24, 2.45) is 0 Å². The molecule has 5 heteroatoms. The Labute approximate surface area is 140 Å². The third-order valence-corrected chi connectivity index (χ3v) is 5.17. The Hall–Kier alpha value is -1.98. The van der Waals surface area contributed by atoms with E-state index < -0.39 is 0 Å². The molecule has 2 aromatic heterocycles. The first-order chi connectivity index (χ1) is 11.2. The average molecular weight is 327 g/mol. The van der Waals surface area contributed by atoms with Crippen molar-refractivity contribution in [3.8, 4) is 0 Å². The lowest BCUT2D eigenvalue weighted by atomic mass is 10.1. The maximum absolute atomic E-state index is 11.9. The van der Waals surface area contributed by atoms with E-state index in [-0.39, 0.29) is 5.91 Å². The number of rotatable bonds is 5. The Morgan fingerprint density at radius 1 is 1.52 bits per heavy atom. The monoisotopic (exact) mass is 327 g/mol. The maximum atomic E-state index is 11.9. The van der Waals surface area contributed by atoms with Crippen LogP contribution in [0.2, 0.25) is 0 Å². The second-order valence-electron chi connectivity index (χ2n) is 5.80. The highest BCUT2D eigenvalue weighted by molar-refractivity contribution is 7.10. The Kier molecular flexibility index (Phi) is 5.20. The molecule has 1 aliphatic heterocycles. The fourth-order valence-corrected chi connectivity index (χ4v) is 3.62. The first-order valence-electron chi connectivity index (χ1n) is 7.87. The lowest BCUT2D eigenvalue weighted by Crippen LogP contribution is -2.43. The van der Waals surface area contributed by atoms with Crippen molar-refractivity contribution in [3.05, 3.63) is 58.1 Å². The molecular formula is C18H21N3OS. The summed E-state index contributed by atoms with van der Waals surface area (Å²) < 4.78 is 0. The molecule has 1 unspecified atom stereocenters. The normalized spacial score (nSPS) is 16.2. The summed E-state index contributed by atoms with van der Waals surface area (Å²) in [4.78, 5) is 19.9. The highest BCUT2D eigenvalue weighted by Gasteiger charge is 2.21. The van der Waals surface area contributed by atoms with E-state index >= 15 is 0 Å². The Balaban J connectivity index is 1.46. The second-order valence-corrected chi connectivity index (χ2v) is 6.80. The molecule has 0 radical (unpaired) electrons. The molecule has 1 N–H and O–H groups in total. The number of pyridine rings is 1. The number of nitrogens with zero attached hydrogens (tertiary/aromatic N) is 2. The van der Waals surface area contributed by atoms with Gasteiger partial charge < -0.3 is 5.32 Å². The van der Waals surface area contributed by atoms with Crippen LogP contribution in [0, 0.1) is 0 Å². The molecule has 0 aliphatic carbocycles. The van der Waals surface area contributed by atoms with Gasteiger partial charge in [-0.3, -0.25) is 14.7 Å². The molecule has 3 heterocycles. The summed E-state index contributed by atoms with van der Waals surface area (Å²) in [5.41, 5.74) is 2.37. The Morgan fingerprint density at radius 2 is 2.43 bits per heavy atom. The largest absolute Gasteiger partial charge is 0.351 e. The predicted molar refractivity (Wildman–Crippen MR) is 94.2 cm³/mol. The number of fused-ring (bicyclic) bond motifs is 1. The fraction of sp³-hybridized carbons (Fsp3) is 0.333. The predicted octanol–water partition coefficient (Wildman–Crippen LogP) is 2.72. The molecule has 4 nitrogen and oxygen atoms in total. The van der Waals surface area contributed by atoms with E-state index in [4.69, 9.17) is 0 Å². The minimum absolute atomic E-state index is 0.0612. The van der Waals surface area contributed by atoms with Crippen molar-refractivity contribution in [1.82, 2.24) is 15.2 Å². The Morgan fingerprint density at radius 3 is 3.26 bits per heavy atom. The molecule has 0 bridgehead atoms. The van der Waals surface area contributed by atoms with E-state index in [0.29, 0.717) is 12.6 Å². The molecule has 0 aromatic carbocycles. The molecule has 120 valence electrons. The second kappa shape index (κ2) is 7.53. The zero-order valence-corrected chi connectivity index (χ0v) is 14.1. The van der Waals surface area contributed by atoms with Crippen LogP contribution >= 0.6 is 11.3 Å². The summed E-state index contributed by atoms with van der Waals surface area (Å²) in [5.74, 6) is -0.0612. The summed E-state index contributed by atoms with van der Waals surface area (Å²) in [6.45, 7) is 4.88. The van der Waals surface area contributed by atoms with Crippen LogP contribution in [0.4, 0.5) is 0 Å². The number of aromatic nitrogens is 1. The van der Waals surface area contributed by atoms with Crippen molar-refractivity contribution < 1.29 is 4.79 Å². The van der Waals surface area contributed by atoms with Crippen molar-refractivity contribution in [2.45, 2.75) is 25.9 Å². The maximum Gasteiger partial charge on any atom is 0.244 e. The minimum Gasteiger partial charge on any atom is -0.351 e. The van der Waals surface area contributed by atoms with Gasteiger partial charge in [0.1, 0.15) is 0 Å². The molecule has 2 aromatic rings. The number of amides is 1. The van der Waals surface area contributed by atoms with Gasteiger partial charge in [-0.05, 0) is 48.1 Å². The van der Waals surface area contributed by atoms with Gasteiger partial charge in [0.2, 0.25) is 5.91 Å². The topological polar surface area (TPSA) is 45.2 Å². The number of nitrogens with one attached hydrogen (secondary N) is 1. The van der Waals surface area contributed by atoms with Crippen molar-refractivity contribution in [2.75, 3.05) is 13.1 Å². The van der Waals surface area contributed by atoms with Crippen LogP contribution in [0.15, 0.2) is 42.0 Å². The first kappa shape index (κ1) is 15.9. The van der Waals surface area contributed by atoms with Gasteiger partial charge in [-0.1, -0.05) is 6.07 Å². The van der Waals surface area contributed by atoms with Gasteiger partial charge >= 0.3 is 0 Å². The van der Waals surface area contributed by atoms with E-state index in [1.165, 1.54) is 10.4 Å². The number of hydrogen-bond acceptors (Lipinski definition) is 4. The number of thiophene rings is 1. The lowest BCUT2D eigenvalue weighted by Gasteiger charge is -2.32. The molecule has 0 saturated heterocycles. The van der Waals surface area contributed by atoms with Crippen LogP contribution in [0.25, 0.3) is 6.08 Å². The highest BCUT2D eigenvalue weighted by Crippen LogP contribution is 2.24. The van der Waals surface area contributed by atoms with Crippen LogP contribution in [0.5, 0.6) is 0 Å². The minimum atomic E-state index is -0.0612. The van der Waals surface area contributed by atoms with E-state index in [9.17, 15) is 4.79 Å². The van der Waals surface area contributed by atoms with Gasteiger partial charge in [-0.15, -0.1) is 11.3 Å². The molecule has 0 saturated carbocycles. The van der Waals surface area contributed by atoms with E-state index in [0.717, 1.165) is 25.1 Å². The average Bonchev–Trinajstić information content (AvgIpc) is 3.06. The summed E-state index contributed by atoms with van der Waals surface area (Å²) >= 11 is 1.85. The van der Waals surface area contributed by atoms with Gasteiger partial charge in [0.25, 0.3) is 0 Å². The first-order valence-corrected chi connectivity index (χ1v) is 8.75. The van der Waals surface area contributed by atoms with Gasteiger partial charge in [-0.2, -0.15) is 0 Å². The van der Waals surface area contributed by atoms with E-state index in [2.05, 4.69) is 33.6 Å². The molecule has 3 rings (SSSR count). The lowest BCUT2D eigenvalue weighted by molar-refractivity contribution is -0.116. The van der Waals surface area contributed by atoms with E-state index in [1.54, 1.807) is 24.5 Å². The Bertz CT molecular complexity index is 681. The van der Waals surface area contributed by atoms with Crippen LogP contribution in [0.1, 0.15) is 22.9 Å². The van der Waals surface area contributed by atoms with Crippen LogP contribution < -0.4 is 5.32 Å². The summed E-state index contributed by atoms with van der Waals surface area (Å²) in [5, 5.41) is 5.15. The van der Waals surface area contributed by atoms with Gasteiger partial charge in [0, 0.05) is 49.0 Å². The van der Waals surface area contributed by atoms with E-state index in [1.807, 2.05) is 23.5 Å². The summed E-state index contributed by atoms with van der Waals surface area (Å²) in [6, 6.07) is 6.33. The highest BCUT2D eigenvalue weighted by atomic mass is 32.1. The fourth-order valence-electron chi connectivity index (χ4n) is 2.73. The third-order valence-electron chi connectivity index (χ3n) is 4.14. The number of carbonyl (C=O) groups is 1. The molecule has 23 heavy (non-hydrogen) atoms. The third kappa shape index (κ3) is 4.27. The summed E-state index contributed by atoms with van der Waals surface area (Å²) in [6.07, 6.45) is 7.92. The quantitative estimate of drug-likeness (QED) is 0.859. The summed E-state index contributed by atoms with van der Waals surface area (Å²) in [7, 11) is 0. The number of carbonyl (C=O) groups excluding carboxylic acids is 1. The van der Waals surface area contributed by atoms with Gasteiger partial charge in [-0.25, -0.2) is 0 Å². The molecule has 0 spiro atoms. The zero-order valence-electron chi connectivity index (χ0n) is 13.2. The van der Waals surface area contributed by atoms with Crippen molar-refractivity contribution in [1.29, 1.82) is 0 Å². The van der Waals surface area contributed by atoms with Crippen molar-refractivity contribution in [3.63, 3.8) is 0 Å². The van der Waals surface area contributed by atoms with Crippen LogP contribution in [-0.4, -0.2) is 34.9 Å². The van der Waals surface area contributed by atoms with Gasteiger partial charge in [0.05, 0.1) is 0 Å². The standard InChI is InChI=1S/C18H21N3OS/c1-14(21-9-6-17-16(13-21)7-10-23-17)11-20-18(22)5-4-15-3-2-8-19-12-15/h2-5,7-8,10,12,14H,6,9,11,13H2,1H3,(H,20,22). The molecule has 1 amide bonds. The zero-order chi connectivity index (χ0) is 16.1. The molecule has 0 fully saturated rings. The molecular weight excluding hydrogens is 306 g/mol. The molecule has 1 atom stereocenters. The van der Waals surface area contributed by atoms with Crippen LogP contribution in [0.3, 0.4) is 0 Å². The van der Waals surface area contributed by atoms with Crippen molar-refractivity contribution >= 4 is 23.3 Å². The molecule has 1 aliphatic rings. The SMILES string of the molecule is CC(CNC(=O)C=Cc1cccnc1)N1CCc2sccc2C1. The number of hydrogen-bond donors (Lipinski definition) is 1.